The van der Waals surface area contributed by atoms with Crippen molar-refractivity contribution in [3.63, 3.8) is 0 Å². The van der Waals surface area contributed by atoms with Crippen molar-refractivity contribution in [3.8, 4) is 0 Å². The molecule has 0 fully saturated rings. The van der Waals surface area contributed by atoms with Crippen LogP contribution in [0.15, 0.2) is 36.3 Å². The molecule has 0 aromatic heterocycles. The van der Waals surface area contributed by atoms with Crippen LogP contribution in [0.1, 0.15) is 6.92 Å². The van der Waals surface area contributed by atoms with Gasteiger partial charge in [-0.1, -0.05) is 6.58 Å². The average Bonchev–Trinajstić information content (AvgIpc) is 1.87. The Balaban J connectivity index is 4.44. The molecular weight excluding hydrogens is 149 g/mol. The quantitative estimate of drug-likeness (QED) is 0.358. The first kappa shape index (κ1) is 9.55. The number of hydrogen-bond acceptors (Lipinski definition) is 2. The predicted molar refractivity (Wildman–Crippen MR) is 40.1 cm³/mol. The Labute approximate surface area is 63.7 Å². The zero-order chi connectivity index (χ0) is 9.02. The van der Waals surface area contributed by atoms with Crippen molar-refractivity contribution in [1.29, 1.82) is 0 Å². The summed E-state index contributed by atoms with van der Waals surface area (Å²) in [4.78, 5) is 9.16. The zero-order valence-electron chi connectivity index (χ0n) is 6.13. The van der Waals surface area contributed by atoms with Gasteiger partial charge >= 0.3 is 0 Å². The molecule has 0 bridgehead atoms. The molecule has 3 nitrogen and oxygen atoms in total. The largest absolute Gasteiger partial charge is 0.265 e. The molecular formula is C7H8FNO2. The molecule has 0 rings (SSSR count). The minimum Gasteiger partial charge on any atom is -0.258 e. The molecule has 4 heteroatoms. The van der Waals surface area contributed by atoms with Gasteiger partial charge in [-0.3, -0.25) is 10.1 Å². The molecule has 0 amide bonds. The molecule has 0 saturated heterocycles. The Morgan fingerprint density at radius 3 is 2.36 bits per heavy atom. The molecule has 0 aliphatic rings. The number of rotatable bonds is 3. The third-order valence-electron chi connectivity index (χ3n) is 0.936. The van der Waals surface area contributed by atoms with E-state index in [1.807, 2.05) is 0 Å². The van der Waals surface area contributed by atoms with Crippen LogP contribution in [0.4, 0.5) is 4.39 Å². The summed E-state index contributed by atoms with van der Waals surface area (Å²) in [6.07, 6.45) is 0.738. The van der Waals surface area contributed by atoms with Gasteiger partial charge in [0.2, 0.25) is 0 Å². The highest BCUT2D eigenvalue weighted by molar-refractivity contribution is 5.25. The van der Waals surface area contributed by atoms with Crippen LogP contribution in [0.25, 0.3) is 0 Å². The van der Waals surface area contributed by atoms with Crippen LogP contribution in [0.3, 0.4) is 0 Å². The summed E-state index contributed by atoms with van der Waals surface area (Å²) < 4.78 is 12.5. The van der Waals surface area contributed by atoms with Gasteiger partial charge < -0.3 is 0 Å². The summed E-state index contributed by atoms with van der Waals surface area (Å²) in [6.45, 7) is 7.70. The van der Waals surface area contributed by atoms with Crippen molar-refractivity contribution in [1.82, 2.24) is 0 Å². The summed E-state index contributed by atoms with van der Waals surface area (Å²) in [5.74, 6) is -0.716. The zero-order valence-corrected chi connectivity index (χ0v) is 6.13. The van der Waals surface area contributed by atoms with Gasteiger partial charge in [0.15, 0.2) is 0 Å². The molecule has 0 N–H and O–H groups in total. The van der Waals surface area contributed by atoms with Gasteiger partial charge in [0.1, 0.15) is 5.83 Å². The van der Waals surface area contributed by atoms with E-state index in [1.54, 1.807) is 0 Å². The number of nitro groups is 1. The molecule has 11 heavy (non-hydrogen) atoms. The summed E-state index contributed by atoms with van der Waals surface area (Å²) in [6, 6.07) is 0. The molecule has 0 aromatic carbocycles. The van der Waals surface area contributed by atoms with Crippen molar-refractivity contribution < 1.29 is 9.31 Å². The Bertz CT molecular complexity index is 243. The molecule has 0 radical (unpaired) electrons. The minimum absolute atomic E-state index is 0.146. The summed E-state index contributed by atoms with van der Waals surface area (Å²) in [5.41, 5.74) is -0.335. The van der Waals surface area contributed by atoms with Crippen molar-refractivity contribution >= 4 is 0 Å². The van der Waals surface area contributed by atoms with Gasteiger partial charge in [-0.2, -0.15) is 0 Å². The van der Waals surface area contributed by atoms with Gasteiger partial charge in [-0.25, -0.2) is 4.39 Å². The fourth-order valence-corrected chi connectivity index (χ4v) is 0.322. The van der Waals surface area contributed by atoms with Crippen LogP contribution in [0.2, 0.25) is 0 Å². The molecule has 60 valence electrons. The lowest BCUT2D eigenvalue weighted by atomic mass is 10.3. The lowest BCUT2D eigenvalue weighted by Gasteiger charge is -1.91. The lowest BCUT2D eigenvalue weighted by Crippen LogP contribution is -1.93. The Morgan fingerprint density at radius 1 is 1.64 bits per heavy atom. The molecule has 0 atom stereocenters. The van der Waals surface area contributed by atoms with E-state index >= 15 is 0 Å². The first-order chi connectivity index (χ1) is 4.95. The van der Waals surface area contributed by atoms with E-state index in [0.717, 1.165) is 6.08 Å². The maximum Gasteiger partial charge on any atom is 0.265 e. The lowest BCUT2D eigenvalue weighted by molar-refractivity contribution is -0.418. The number of halogens is 1. The second-order valence-corrected chi connectivity index (χ2v) is 2.02. The van der Waals surface area contributed by atoms with E-state index in [9.17, 15) is 14.5 Å². The van der Waals surface area contributed by atoms with E-state index in [0.29, 0.717) is 0 Å². The molecule has 0 saturated carbocycles. The van der Waals surface area contributed by atoms with Gasteiger partial charge in [0.25, 0.3) is 5.70 Å². The van der Waals surface area contributed by atoms with E-state index in [4.69, 9.17) is 0 Å². The van der Waals surface area contributed by atoms with Crippen LogP contribution in [-0.4, -0.2) is 4.92 Å². The first-order valence-corrected chi connectivity index (χ1v) is 2.81. The van der Waals surface area contributed by atoms with Crippen molar-refractivity contribution in [2.45, 2.75) is 6.92 Å². The Morgan fingerprint density at radius 2 is 2.09 bits per heavy atom. The second-order valence-electron chi connectivity index (χ2n) is 2.02. The highest BCUT2D eigenvalue weighted by atomic mass is 19.1. The number of hydrogen-bond donors (Lipinski definition) is 0. The smallest absolute Gasteiger partial charge is 0.258 e. The average molecular weight is 157 g/mol. The van der Waals surface area contributed by atoms with E-state index in [-0.39, 0.29) is 5.57 Å². The SMILES string of the molecule is C=C(C)/C(F)=C\C(=C)[N+](=O)[O-]. The van der Waals surface area contributed by atoms with Crippen LogP contribution in [-0.2, 0) is 0 Å². The third kappa shape index (κ3) is 3.30. The van der Waals surface area contributed by atoms with Crippen LogP contribution >= 0.6 is 0 Å². The van der Waals surface area contributed by atoms with Gasteiger partial charge in [0.05, 0.1) is 11.0 Å². The van der Waals surface area contributed by atoms with E-state index in [1.165, 1.54) is 6.92 Å². The first-order valence-electron chi connectivity index (χ1n) is 2.81. The van der Waals surface area contributed by atoms with Crippen LogP contribution < -0.4 is 0 Å². The molecule has 0 spiro atoms. The Hall–Kier alpha value is -1.45. The fraction of sp³-hybridized carbons (Fsp3) is 0.143. The second kappa shape index (κ2) is 3.65. The molecule has 0 heterocycles. The molecule has 0 aliphatic heterocycles. The van der Waals surface area contributed by atoms with Gasteiger partial charge in [0, 0.05) is 0 Å². The Kier molecular flexibility index (Phi) is 3.17. The van der Waals surface area contributed by atoms with Crippen molar-refractivity contribution in [2.24, 2.45) is 0 Å². The van der Waals surface area contributed by atoms with Gasteiger partial charge in [-0.05, 0) is 19.1 Å². The molecule has 0 aromatic rings. The highest BCUT2D eigenvalue weighted by Crippen LogP contribution is 2.10. The summed E-state index contributed by atoms with van der Waals surface area (Å²) >= 11 is 0. The topological polar surface area (TPSA) is 43.1 Å². The van der Waals surface area contributed by atoms with E-state index in [2.05, 4.69) is 13.2 Å². The summed E-state index contributed by atoms with van der Waals surface area (Å²) in [5, 5.41) is 9.92. The summed E-state index contributed by atoms with van der Waals surface area (Å²) in [7, 11) is 0. The highest BCUT2D eigenvalue weighted by Gasteiger charge is 2.04. The maximum atomic E-state index is 12.5. The van der Waals surface area contributed by atoms with Crippen LogP contribution in [0, 0.1) is 10.1 Å². The van der Waals surface area contributed by atoms with Crippen molar-refractivity contribution in [3.05, 3.63) is 46.4 Å². The molecule has 0 unspecified atom stereocenters. The number of allylic oxidation sites excluding steroid dienone is 3. The normalized spacial score (nSPS) is 10.9. The standard InChI is InChI=1S/C7H8FNO2/c1-5(2)7(8)4-6(3)9(10)11/h4H,1,3H2,2H3/b7-4+. The predicted octanol–water partition coefficient (Wildman–Crippen LogP) is 2.21. The minimum atomic E-state index is -0.761. The number of nitrogens with zero attached hydrogens (tertiary/aromatic N) is 1. The van der Waals surface area contributed by atoms with Crippen molar-refractivity contribution in [2.75, 3.05) is 0 Å². The maximum absolute atomic E-state index is 12.5. The monoisotopic (exact) mass is 157 g/mol. The fourth-order valence-electron chi connectivity index (χ4n) is 0.322. The van der Waals surface area contributed by atoms with E-state index < -0.39 is 16.4 Å². The van der Waals surface area contributed by atoms with Crippen LogP contribution in [0.5, 0.6) is 0 Å². The van der Waals surface area contributed by atoms with Gasteiger partial charge in [-0.15, -0.1) is 0 Å². The molecule has 0 aliphatic carbocycles. The third-order valence-corrected chi connectivity index (χ3v) is 0.936.